The summed E-state index contributed by atoms with van der Waals surface area (Å²) in [6.07, 6.45) is 6.00. The molecule has 0 amide bonds. The summed E-state index contributed by atoms with van der Waals surface area (Å²) in [5, 5.41) is 6.30. The normalized spacial score (nSPS) is 18.3. The molecule has 1 aliphatic heterocycles. The Morgan fingerprint density at radius 3 is 2.92 bits per heavy atom. The van der Waals surface area contributed by atoms with E-state index in [1.807, 2.05) is 36.0 Å². The molecule has 0 bridgehead atoms. The number of fused-ring (bicyclic) bond motifs is 1. The smallest absolute Gasteiger partial charge is 0.168 e. The van der Waals surface area contributed by atoms with Crippen molar-refractivity contribution < 1.29 is 0 Å². The van der Waals surface area contributed by atoms with Gasteiger partial charge in [-0.05, 0) is 49.4 Å². The van der Waals surface area contributed by atoms with Crippen LogP contribution in [-0.2, 0) is 0 Å². The molecule has 3 aromatic rings. The van der Waals surface area contributed by atoms with Crippen LogP contribution in [0.1, 0.15) is 25.3 Å². The molecule has 1 atom stereocenters. The van der Waals surface area contributed by atoms with Crippen LogP contribution in [0.2, 0.25) is 5.02 Å². The summed E-state index contributed by atoms with van der Waals surface area (Å²) in [6, 6.07) is 5.81. The van der Waals surface area contributed by atoms with Crippen molar-refractivity contribution in [3.8, 4) is 5.69 Å². The molecule has 1 aromatic carbocycles. The summed E-state index contributed by atoms with van der Waals surface area (Å²) in [6.45, 7) is 6.41. The summed E-state index contributed by atoms with van der Waals surface area (Å²) in [4.78, 5) is 11.4. The molecular formula is C18H20ClN5. The number of hydrogen-bond donors (Lipinski definition) is 0. The number of aryl methyl sites for hydroxylation is 1. The quantitative estimate of drug-likeness (QED) is 0.706. The summed E-state index contributed by atoms with van der Waals surface area (Å²) in [7, 11) is 0. The van der Waals surface area contributed by atoms with Gasteiger partial charge in [0.2, 0.25) is 0 Å². The maximum absolute atomic E-state index is 6.08. The van der Waals surface area contributed by atoms with Gasteiger partial charge in [-0.15, -0.1) is 0 Å². The Morgan fingerprint density at radius 2 is 2.12 bits per heavy atom. The van der Waals surface area contributed by atoms with Crippen LogP contribution in [0, 0.1) is 12.8 Å². The Morgan fingerprint density at radius 1 is 1.25 bits per heavy atom. The number of rotatable bonds is 2. The van der Waals surface area contributed by atoms with Gasteiger partial charge in [0.15, 0.2) is 5.65 Å². The van der Waals surface area contributed by atoms with Gasteiger partial charge < -0.3 is 4.90 Å². The zero-order chi connectivity index (χ0) is 16.7. The molecule has 0 saturated carbocycles. The van der Waals surface area contributed by atoms with Crippen LogP contribution in [0.5, 0.6) is 0 Å². The van der Waals surface area contributed by atoms with Crippen LogP contribution in [0.15, 0.2) is 30.7 Å². The average molecular weight is 342 g/mol. The van der Waals surface area contributed by atoms with Crippen molar-refractivity contribution in [2.75, 3.05) is 18.0 Å². The van der Waals surface area contributed by atoms with Gasteiger partial charge in [0.05, 0.1) is 17.3 Å². The topological polar surface area (TPSA) is 46.8 Å². The molecule has 0 spiro atoms. The Bertz CT molecular complexity index is 888. The van der Waals surface area contributed by atoms with E-state index in [4.69, 9.17) is 11.6 Å². The van der Waals surface area contributed by atoms with E-state index in [1.54, 1.807) is 6.33 Å². The number of aromatic nitrogens is 4. The molecular weight excluding hydrogens is 322 g/mol. The number of piperidine rings is 1. The van der Waals surface area contributed by atoms with E-state index in [9.17, 15) is 0 Å². The summed E-state index contributed by atoms with van der Waals surface area (Å²) < 4.78 is 1.87. The van der Waals surface area contributed by atoms with E-state index in [2.05, 4.69) is 26.9 Å². The van der Waals surface area contributed by atoms with E-state index in [-0.39, 0.29) is 0 Å². The third-order valence-electron chi connectivity index (χ3n) is 4.69. The van der Waals surface area contributed by atoms with Crippen LogP contribution in [0.3, 0.4) is 0 Å². The third kappa shape index (κ3) is 2.63. The Kier molecular flexibility index (Phi) is 3.88. The number of hydrogen-bond acceptors (Lipinski definition) is 4. The van der Waals surface area contributed by atoms with E-state index < -0.39 is 0 Å². The molecule has 1 fully saturated rings. The molecule has 24 heavy (non-hydrogen) atoms. The molecule has 0 aliphatic carbocycles. The van der Waals surface area contributed by atoms with Crippen LogP contribution in [-0.4, -0.2) is 32.8 Å². The number of nitrogens with zero attached hydrogens (tertiary/aromatic N) is 5. The molecule has 1 aliphatic rings. The van der Waals surface area contributed by atoms with Crippen molar-refractivity contribution in [2.45, 2.75) is 26.7 Å². The highest BCUT2D eigenvalue weighted by molar-refractivity contribution is 6.30. The maximum atomic E-state index is 6.08. The largest absolute Gasteiger partial charge is 0.356 e. The first-order valence-electron chi connectivity index (χ1n) is 8.33. The van der Waals surface area contributed by atoms with Crippen molar-refractivity contribution in [3.05, 3.63) is 41.3 Å². The van der Waals surface area contributed by atoms with Gasteiger partial charge in [0, 0.05) is 18.1 Å². The highest BCUT2D eigenvalue weighted by Gasteiger charge is 2.21. The average Bonchev–Trinajstić information content (AvgIpc) is 2.99. The van der Waals surface area contributed by atoms with Crippen LogP contribution < -0.4 is 4.90 Å². The van der Waals surface area contributed by atoms with Gasteiger partial charge in [0.1, 0.15) is 12.1 Å². The van der Waals surface area contributed by atoms with Crippen LogP contribution >= 0.6 is 11.6 Å². The maximum Gasteiger partial charge on any atom is 0.168 e. The van der Waals surface area contributed by atoms with E-state index in [0.717, 1.165) is 46.2 Å². The van der Waals surface area contributed by atoms with Gasteiger partial charge in [-0.1, -0.05) is 18.5 Å². The minimum Gasteiger partial charge on any atom is -0.356 e. The number of benzene rings is 1. The Labute approximate surface area is 146 Å². The van der Waals surface area contributed by atoms with Crippen molar-refractivity contribution in [1.82, 2.24) is 19.7 Å². The van der Waals surface area contributed by atoms with Crippen LogP contribution in [0.4, 0.5) is 5.82 Å². The highest BCUT2D eigenvalue weighted by Crippen LogP contribution is 2.29. The molecule has 2 aromatic heterocycles. The van der Waals surface area contributed by atoms with E-state index >= 15 is 0 Å². The Hall–Kier alpha value is -2.14. The van der Waals surface area contributed by atoms with Crippen molar-refractivity contribution in [2.24, 2.45) is 5.92 Å². The van der Waals surface area contributed by atoms with E-state index in [1.165, 1.54) is 12.8 Å². The van der Waals surface area contributed by atoms with Gasteiger partial charge in [-0.25, -0.2) is 14.6 Å². The highest BCUT2D eigenvalue weighted by atomic mass is 35.5. The second-order valence-corrected chi connectivity index (χ2v) is 7.05. The molecule has 1 unspecified atom stereocenters. The van der Waals surface area contributed by atoms with Gasteiger partial charge in [-0.3, -0.25) is 0 Å². The standard InChI is InChI=1S/C18H20ClN5/c1-12-4-3-7-23(10-12)17-15-9-22-24(18(15)21-11-20-17)16-6-5-14(19)8-13(16)2/h5-6,8-9,11-12H,3-4,7,10H2,1-2H3. The second kappa shape index (κ2) is 6.06. The van der Waals surface area contributed by atoms with E-state index in [0.29, 0.717) is 5.92 Å². The SMILES string of the molecule is Cc1cc(Cl)ccc1-n1ncc2c(N3CCCC(C)C3)ncnc21. The number of anilines is 1. The first kappa shape index (κ1) is 15.4. The van der Waals surface area contributed by atoms with Gasteiger partial charge >= 0.3 is 0 Å². The fraction of sp³-hybridized carbons (Fsp3) is 0.389. The number of halogens is 1. The lowest BCUT2D eigenvalue weighted by Crippen LogP contribution is -2.34. The molecule has 124 valence electrons. The summed E-state index contributed by atoms with van der Waals surface area (Å²) >= 11 is 6.08. The van der Waals surface area contributed by atoms with Gasteiger partial charge in [0.25, 0.3) is 0 Å². The first-order valence-corrected chi connectivity index (χ1v) is 8.71. The second-order valence-electron chi connectivity index (χ2n) is 6.62. The zero-order valence-corrected chi connectivity index (χ0v) is 14.7. The lowest BCUT2D eigenvalue weighted by molar-refractivity contribution is 0.445. The zero-order valence-electron chi connectivity index (χ0n) is 13.9. The minimum absolute atomic E-state index is 0.692. The molecule has 4 rings (SSSR count). The lowest BCUT2D eigenvalue weighted by atomic mass is 10.0. The lowest BCUT2D eigenvalue weighted by Gasteiger charge is -2.31. The first-order chi connectivity index (χ1) is 11.6. The minimum atomic E-state index is 0.692. The predicted octanol–water partition coefficient (Wildman–Crippen LogP) is 4.01. The van der Waals surface area contributed by atoms with Crippen molar-refractivity contribution in [1.29, 1.82) is 0 Å². The van der Waals surface area contributed by atoms with Gasteiger partial charge in [-0.2, -0.15) is 5.10 Å². The third-order valence-corrected chi connectivity index (χ3v) is 4.92. The molecule has 5 nitrogen and oxygen atoms in total. The summed E-state index contributed by atoms with van der Waals surface area (Å²) in [5.41, 5.74) is 2.90. The Balaban J connectivity index is 1.82. The summed E-state index contributed by atoms with van der Waals surface area (Å²) in [5.74, 6) is 1.68. The molecule has 6 heteroatoms. The molecule has 3 heterocycles. The van der Waals surface area contributed by atoms with Crippen molar-refractivity contribution in [3.63, 3.8) is 0 Å². The fourth-order valence-electron chi connectivity index (χ4n) is 3.50. The van der Waals surface area contributed by atoms with Crippen molar-refractivity contribution >= 4 is 28.5 Å². The monoisotopic (exact) mass is 341 g/mol. The fourth-order valence-corrected chi connectivity index (χ4v) is 3.72. The molecule has 0 N–H and O–H groups in total. The van der Waals surface area contributed by atoms with Crippen LogP contribution in [0.25, 0.3) is 16.7 Å². The predicted molar refractivity (Wildman–Crippen MR) is 97.0 cm³/mol. The molecule has 0 radical (unpaired) electrons. The molecule has 1 saturated heterocycles.